The zero-order chi connectivity index (χ0) is 12.0. The number of aliphatic carboxylic acids is 1. The third-order valence-electron chi connectivity index (χ3n) is 2.10. The van der Waals surface area contributed by atoms with Gasteiger partial charge in [-0.05, 0) is 13.8 Å². The Morgan fingerprint density at radius 1 is 1.33 bits per heavy atom. The van der Waals surface area contributed by atoms with Crippen molar-refractivity contribution in [1.82, 2.24) is 4.90 Å². The van der Waals surface area contributed by atoms with Crippen molar-refractivity contribution in [3.05, 3.63) is 0 Å². The maximum absolute atomic E-state index is 11.6. The minimum atomic E-state index is -0.897. The minimum Gasteiger partial charge on any atom is -0.481 e. The Hall–Kier alpha value is -1.10. The summed E-state index contributed by atoms with van der Waals surface area (Å²) in [5.74, 6) is -1.64. The summed E-state index contributed by atoms with van der Waals surface area (Å²) in [6, 6.07) is -0.0190. The summed E-state index contributed by atoms with van der Waals surface area (Å²) in [7, 11) is 1.44. The normalized spacial score (nSPS) is 12.6. The molecule has 1 unspecified atom stereocenters. The Kier molecular flexibility index (Phi) is 5.93. The van der Waals surface area contributed by atoms with Gasteiger partial charge in [0, 0.05) is 19.7 Å². The van der Waals surface area contributed by atoms with Crippen LogP contribution in [0.2, 0.25) is 0 Å². The van der Waals surface area contributed by atoms with E-state index in [-0.39, 0.29) is 25.1 Å². The number of methoxy groups -OCH3 is 1. The van der Waals surface area contributed by atoms with Crippen molar-refractivity contribution < 1.29 is 19.4 Å². The van der Waals surface area contributed by atoms with Crippen molar-refractivity contribution >= 4 is 11.9 Å². The third-order valence-corrected chi connectivity index (χ3v) is 2.10. The van der Waals surface area contributed by atoms with E-state index in [0.29, 0.717) is 0 Å². The maximum Gasteiger partial charge on any atom is 0.308 e. The van der Waals surface area contributed by atoms with E-state index in [0.717, 1.165) is 0 Å². The molecule has 0 spiro atoms. The van der Waals surface area contributed by atoms with Gasteiger partial charge in [0.05, 0.1) is 5.92 Å². The Bertz CT molecular complexity index is 227. The van der Waals surface area contributed by atoms with Crippen LogP contribution in [0, 0.1) is 5.92 Å². The average Bonchev–Trinajstić information content (AvgIpc) is 2.13. The standard InChI is InChI=1S/C10H19NO4/c1-7(2)11(9(12)6-15-4)5-8(3)10(13)14/h7-8H,5-6H2,1-4H3,(H,13,14). The molecule has 0 aromatic carbocycles. The molecule has 0 aromatic heterocycles. The monoisotopic (exact) mass is 217 g/mol. The van der Waals surface area contributed by atoms with Gasteiger partial charge < -0.3 is 14.7 Å². The maximum atomic E-state index is 11.6. The van der Waals surface area contributed by atoms with Crippen LogP contribution in [0.25, 0.3) is 0 Å². The fourth-order valence-corrected chi connectivity index (χ4v) is 1.18. The number of carboxylic acid groups (broad SMARTS) is 1. The van der Waals surface area contributed by atoms with E-state index in [1.165, 1.54) is 12.0 Å². The van der Waals surface area contributed by atoms with Gasteiger partial charge in [-0.2, -0.15) is 0 Å². The number of amides is 1. The summed E-state index contributed by atoms with van der Waals surface area (Å²) in [6.07, 6.45) is 0. The highest BCUT2D eigenvalue weighted by Crippen LogP contribution is 2.05. The predicted octanol–water partition coefficient (Wildman–Crippen LogP) is 0.591. The topological polar surface area (TPSA) is 66.8 Å². The van der Waals surface area contributed by atoms with Gasteiger partial charge in [0.1, 0.15) is 6.61 Å². The van der Waals surface area contributed by atoms with Crippen LogP contribution >= 0.6 is 0 Å². The highest BCUT2D eigenvalue weighted by atomic mass is 16.5. The average molecular weight is 217 g/mol. The second kappa shape index (κ2) is 6.40. The molecule has 1 amide bonds. The number of ether oxygens (including phenoxy) is 1. The molecule has 0 aliphatic carbocycles. The van der Waals surface area contributed by atoms with Crippen LogP contribution in [0.1, 0.15) is 20.8 Å². The highest BCUT2D eigenvalue weighted by Gasteiger charge is 2.22. The van der Waals surface area contributed by atoms with Crippen LogP contribution in [0.3, 0.4) is 0 Å². The van der Waals surface area contributed by atoms with Gasteiger partial charge in [0.25, 0.3) is 0 Å². The molecule has 0 bridgehead atoms. The number of hydrogen-bond donors (Lipinski definition) is 1. The van der Waals surface area contributed by atoms with E-state index in [2.05, 4.69) is 0 Å². The fraction of sp³-hybridized carbons (Fsp3) is 0.800. The van der Waals surface area contributed by atoms with Crippen LogP contribution in [0.5, 0.6) is 0 Å². The second-order valence-corrected chi connectivity index (χ2v) is 3.81. The van der Waals surface area contributed by atoms with Crippen molar-refractivity contribution in [3.8, 4) is 0 Å². The lowest BCUT2D eigenvalue weighted by atomic mass is 10.1. The molecule has 0 radical (unpaired) electrons. The molecule has 0 aromatic rings. The third kappa shape index (κ3) is 4.78. The van der Waals surface area contributed by atoms with E-state index in [1.54, 1.807) is 6.92 Å². The smallest absolute Gasteiger partial charge is 0.308 e. The first-order valence-electron chi connectivity index (χ1n) is 4.91. The molecule has 5 nitrogen and oxygen atoms in total. The van der Waals surface area contributed by atoms with Crippen molar-refractivity contribution in [3.63, 3.8) is 0 Å². The Balaban J connectivity index is 4.40. The van der Waals surface area contributed by atoms with Gasteiger partial charge in [-0.25, -0.2) is 0 Å². The van der Waals surface area contributed by atoms with Crippen LogP contribution in [-0.4, -0.2) is 48.2 Å². The largest absolute Gasteiger partial charge is 0.481 e. The van der Waals surface area contributed by atoms with E-state index in [1.807, 2.05) is 13.8 Å². The van der Waals surface area contributed by atoms with Crippen LogP contribution in [0.4, 0.5) is 0 Å². The molecule has 0 rings (SSSR count). The molecule has 0 saturated carbocycles. The second-order valence-electron chi connectivity index (χ2n) is 3.81. The van der Waals surface area contributed by atoms with Gasteiger partial charge in [-0.15, -0.1) is 0 Å². The van der Waals surface area contributed by atoms with Crippen molar-refractivity contribution in [2.45, 2.75) is 26.8 Å². The highest BCUT2D eigenvalue weighted by molar-refractivity contribution is 5.78. The first-order chi connectivity index (χ1) is 6.90. The van der Waals surface area contributed by atoms with Crippen LogP contribution < -0.4 is 0 Å². The van der Waals surface area contributed by atoms with Gasteiger partial charge >= 0.3 is 5.97 Å². The first kappa shape index (κ1) is 13.9. The van der Waals surface area contributed by atoms with E-state index < -0.39 is 11.9 Å². The minimum absolute atomic E-state index is 0.00941. The van der Waals surface area contributed by atoms with E-state index >= 15 is 0 Å². The number of carbonyl (C=O) groups is 2. The number of carboxylic acids is 1. The Morgan fingerprint density at radius 2 is 1.87 bits per heavy atom. The molecular weight excluding hydrogens is 198 g/mol. The van der Waals surface area contributed by atoms with Gasteiger partial charge in [0.15, 0.2) is 0 Å². The zero-order valence-corrected chi connectivity index (χ0v) is 9.69. The molecule has 1 N–H and O–H groups in total. The lowest BCUT2D eigenvalue weighted by Gasteiger charge is -2.28. The molecule has 0 fully saturated rings. The Labute approximate surface area is 90.0 Å². The SMILES string of the molecule is COCC(=O)N(CC(C)C(=O)O)C(C)C. The predicted molar refractivity (Wildman–Crippen MR) is 55.5 cm³/mol. The van der Waals surface area contributed by atoms with Crippen LogP contribution in [0.15, 0.2) is 0 Å². The van der Waals surface area contributed by atoms with Crippen molar-refractivity contribution in [1.29, 1.82) is 0 Å². The molecule has 0 heterocycles. The molecule has 15 heavy (non-hydrogen) atoms. The molecular formula is C10H19NO4. The molecule has 0 aliphatic heterocycles. The van der Waals surface area contributed by atoms with Gasteiger partial charge in [0.2, 0.25) is 5.91 Å². The lowest BCUT2D eigenvalue weighted by Crippen LogP contribution is -2.43. The van der Waals surface area contributed by atoms with Crippen molar-refractivity contribution in [2.24, 2.45) is 5.92 Å². The lowest BCUT2D eigenvalue weighted by molar-refractivity contribution is -0.144. The molecule has 88 valence electrons. The molecule has 1 atom stereocenters. The number of nitrogens with zero attached hydrogens (tertiary/aromatic N) is 1. The van der Waals surface area contributed by atoms with Crippen LogP contribution in [-0.2, 0) is 14.3 Å². The Morgan fingerprint density at radius 3 is 2.20 bits per heavy atom. The summed E-state index contributed by atoms with van der Waals surface area (Å²) in [5.41, 5.74) is 0. The fourth-order valence-electron chi connectivity index (χ4n) is 1.18. The quantitative estimate of drug-likeness (QED) is 0.707. The van der Waals surface area contributed by atoms with E-state index in [4.69, 9.17) is 9.84 Å². The van der Waals surface area contributed by atoms with E-state index in [9.17, 15) is 9.59 Å². The van der Waals surface area contributed by atoms with Gasteiger partial charge in [-0.3, -0.25) is 9.59 Å². The molecule has 0 saturated heterocycles. The number of carbonyl (C=O) groups excluding carboxylic acids is 1. The van der Waals surface area contributed by atoms with Gasteiger partial charge in [-0.1, -0.05) is 6.92 Å². The zero-order valence-electron chi connectivity index (χ0n) is 9.69. The summed E-state index contributed by atoms with van der Waals surface area (Å²) < 4.78 is 4.74. The number of rotatable bonds is 6. The summed E-state index contributed by atoms with van der Waals surface area (Å²) in [5, 5.41) is 8.76. The summed E-state index contributed by atoms with van der Waals surface area (Å²) >= 11 is 0. The summed E-state index contributed by atoms with van der Waals surface area (Å²) in [6.45, 7) is 5.49. The first-order valence-corrected chi connectivity index (χ1v) is 4.91. The summed E-state index contributed by atoms with van der Waals surface area (Å²) in [4.78, 5) is 23.7. The van der Waals surface area contributed by atoms with Crippen molar-refractivity contribution in [2.75, 3.05) is 20.3 Å². The molecule has 0 aliphatic rings. The molecule has 5 heteroatoms. The number of hydrogen-bond acceptors (Lipinski definition) is 3.